The molecule has 4 saturated heterocycles. The van der Waals surface area contributed by atoms with E-state index in [1.165, 1.54) is 23.1 Å². The Balaban J connectivity index is 1.17. The van der Waals surface area contributed by atoms with Crippen molar-refractivity contribution in [3.05, 3.63) is 59.3 Å². The largest absolute Gasteiger partial charge is 0.388 e. The zero-order chi connectivity index (χ0) is 26.0. The number of amides is 1. The molecule has 1 saturated carbocycles. The smallest absolute Gasteiger partial charge is 0.256 e. The van der Waals surface area contributed by atoms with Crippen molar-refractivity contribution >= 4 is 16.8 Å². The summed E-state index contributed by atoms with van der Waals surface area (Å²) in [6, 6.07) is 4.49. The van der Waals surface area contributed by atoms with Gasteiger partial charge in [-0.1, -0.05) is 0 Å². The average molecular weight is 519 g/mol. The molecule has 1 aliphatic carbocycles. The Morgan fingerprint density at radius 1 is 1.18 bits per heavy atom. The van der Waals surface area contributed by atoms with Crippen LogP contribution in [-0.4, -0.2) is 81.4 Å². The SMILES string of the molecule is Cc1cncc2c1c(CC1CN(CC3CCOCC3)C1)cn2-c1ccc(F)cc1C(=O)N1CC2(O)CC1C2. The first-order valence-electron chi connectivity index (χ1n) is 13.9. The first kappa shape index (κ1) is 24.2. The maximum absolute atomic E-state index is 14.5. The predicted octanol–water partition coefficient (Wildman–Crippen LogP) is 3.72. The van der Waals surface area contributed by atoms with Gasteiger partial charge in [0.15, 0.2) is 0 Å². The Labute approximate surface area is 222 Å². The summed E-state index contributed by atoms with van der Waals surface area (Å²) >= 11 is 0. The van der Waals surface area contributed by atoms with E-state index in [-0.39, 0.29) is 11.9 Å². The Morgan fingerprint density at radius 3 is 2.71 bits per heavy atom. The fourth-order valence-electron chi connectivity index (χ4n) is 7.25. The molecular formula is C30H35FN4O3. The van der Waals surface area contributed by atoms with Crippen LogP contribution in [0, 0.1) is 24.6 Å². The molecule has 1 amide bonds. The first-order chi connectivity index (χ1) is 18.4. The van der Waals surface area contributed by atoms with E-state index in [1.54, 1.807) is 11.0 Å². The number of aromatic nitrogens is 2. The van der Waals surface area contributed by atoms with Crippen molar-refractivity contribution in [1.29, 1.82) is 0 Å². The molecule has 2 bridgehead atoms. The molecule has 1 aromatic carbocycles. The van der Waals surface area contributed by atoms with Gasteiger partial charge in [-0.3, -0.25) is 9.78 Å². The zero-order valence-corrected chi connectivity index (χ0v) is 21.9. The Bertz CT molecular complexity index is 1390. The van der Waals surface area contributed by atoms with E-state index < -0.39 is 11.4 Å². The monoisotopic (exact) mass is 518 g/mol. The number of nitrogens with zero attached hydrogens (tertiary/aromatic N) is 4. The predicted molar refractivity (Wildman–Crippen MR) is 142 cm³/mol. The lowest BCUT2D eigenvalue weighted by Gasteiger charge is -2.42. The molecule has 200 valence electrons. The number of aryl methyl sites for hydroxylation is 1. The summed E-state index contributed by atoms with van der Waals surface area (Å²) in [5, 5.41) is 11.6. The highest BCUT2D eigenvalue weighted by atomic mass is 19.1. The second-order valence-corrected chi connectivity index (χ2v) is 12.1. The third kappa shape index (κ3) is 4.14. The number of halogens is 1. The van der Waals surface area contributed by atoms with Crippen molar-refractivity contribution in [2.24, 2.45) is 11.8 Å². The molecule has 5 fully saturated rings. The van der Waals surface area contributed by atoms with E-state index in [0.717, 1.165) is 69.1 Å². The van der Waals surface area contributed by atoms with Gasteiger partial charge in [0.05, 0.1) is 35.1 Å². The lowest BCUT2D eigenvalue weighted by molar-refractivity contribution is 0.00705. The van der Waals surface area contributed by atoms with Gasteiger partial charge in [-0.25, -0.2) is 4.39 Å². The molecule has 8 rings (SSSR count). The standard InChI is InChI=1S/C30H35FN4O3/c1-19-12-32-13-27-28(19)22(8-21-15-33(16-21)14-20-4-6-38-7-5-20)17-34(27)26-3-2-23(31)9-25(26)29(36)35-18-30(37)10-24(35)11-30/h2-3,9,12-13,17,20-21,24,37H,4-8,10-11,14-16,18H2,1H3. The normalized spacial score (nSPS) is 26.1. The number of ether oxygens (including phenoxy) is 1. The second kappa shape index (κ2) is 9.14. The molecule has 0 atom stereocenters. The zero-order valence-electron chi connectivity index (χ0n) is 21.9. The van der Waals surface area contributed by atoms with Gasteiger partial charge in [0, 0.05) is 56.7 Å². The van der Waals surface area contributed by atoms with Crippen LogP contribution in [0.4, 0.5) is 4.39 Å². The molecule has 38 heavy (non-hydrogen) atoms. The van der Waals surface area contributed by atoms with E-state index in [9.17, 15) is 14.3 Å². The third-order valence-corrected chi connectivity index (χ3v) is 9.23. The van der Waals surface area contributed by atoms with Gasteiger partial charge >= 0.3 is 0 Å². The van der Waals surface area contributed by atoms with Crippen LogP contribution in [0.3, 0.4) is 0 Å². The van der Waals surface area contributed by atoms with Gasteiger partial charge in [0.1, 0.15) is 5.82 Å². The molecule has 8 heteroatoms. The highest BCUT2D eigenvalue weighted by Gasteiger charge is 2.56. The summed E-state index contributed by atoms with van der Waals surface area (Å²) in [4.78, 5) is 22.4. The van der Waals surface area contributed by atoms with Crippen LogP contribution in [0.2, 0.25) is 0 Å². The van der Waals surface area contributed by atoms with E-state index in [4.69, 9.17) is 4.74 Å². The van der Waals surface area contributed by atoms with Gasteiger partial charge < -0.3 is 24.2 Å². The van der Waals surface area contributed by atoms with Crippen LogP contribution in [0.5, 0.6) is 0 Å². The van der Waals surface area contributed by atoms with Crippen molar-refractivity contribution in [3.63, 3.8) is 0 Å². The molecule has 0 spiro atoms. The molecule has 2 aromatic heterocycles. The quantitative estimate of drug-likeness (QED) is 0.539. The number of likely N-dealkylation sites (tertiary alicyclic amines) is 1. The summed E-state index contributed by atoms with van der Waals surface area (Å²) in [5.41, 5.74) is 3.50. The summed E-state index contributed by atoms with van der Waals surface area (Å²) in [5.74, 6) is 0.682. The number of carbonyl (C=O) groups excluding carboxylic acids is 1. The van der Waals surface area contributed by atoms with Gasteiger partial charge in [0.2, 0.25) is 0 Å². The van der Waals surface area contributed by atoms with E-state index in [2.05, 4.69) is 23.0 Å². The van der Waals surface area contributed by atoms with E-state index in [1.807, 2.05) is 17.0 Å². The van der Waals surface area contributed by atoms with Gasteiger partial charge in [0.25, 0.3) is 5.91 Å². The number of pyridine rings is 1. The van der Waals surface area contributed by atoms with Crippen LogP contribution >= 0.6 is 0 Å². The minimum Gasteiger partial charge on any atom is -0.388 e. The van der Waals surface area contributed by atoms with Crippen molar-refractivity contribution in [3.8, 4) is 5.69 Å². The topological polar surface area (TPSA) is 70.8 Å². The van der Waals surface area contributed by atoms with E-state index in [0.29, 0.717) is 36.6 Å². The minimum atomic E-state index is -0.774. The van der Waals surface area contributed by atoms with Gasteiger partial charge in [-0.05, 0) is 80.2 Å². The highest BCUT2D eigenvalue weighted by molar-refractivity contribution is 6.00. The fourth-order valence-corrected chi connectivity index (χ4v) is 7.25. The third-order valence-electron chi connectivity index (χ3n) is 9.23. The number of hydrogen-bond acceptors (Lipinski definition) is 5. The number of benzene rings is 1. The summed E-state index contributed by atoms with van der Waals surface area (Å²) in [7, 11) is 0. The lowest BCUT2D eigenvalue weighted by Crippen LogP contribution is -2.49. The number of aliphatic hydroxyl groups is 1. The molecule has 3 aromatic rings. The lowest BCUT2D eigenvalue weighted by atomic mass is 9.81. The van der Waals surface area contributed by atoms with Crippen LogP contribution in [0.1, 0.15) is 47.2 Å². The number of rotatable bonds is 6. The second-order valence-electron chi connectivity index (χ2n) is 12.1. The molecule has 6 heterocycles. The van der Waals surface area contributed by atoms with Crippen LogP contribution in [-0.2, 0) is 11.2 Å². The molecule has 1 N–H and O–H groups in total. The molecule has 7 nitrogen and oxygen atoms in total. The minimum absolute atomic E-state index is 0.0344. The van der Waals surface area contributed by atoms with Crippen LogP contribution in [0.25, 0.3) is 16.6 Å². The van der Waals surface area contributed by atoms with Crippen LogP contribution < -0.4 is 0 Å². The Hall–Kier alpha value is -2.81. The number of fused-ring (bicyclic) bond motifs is 2. The maximum atomic E-state index is 14.5. The Morgan fingerprint density at radius 2 is 1.97 bits per heavy atom. The van der Waals surface area contributed by atoms with Gasteiger partial charge in [-0.2, -0.15) is 0 Å². The van der Waals surface area contributed by atoms with Gasteiger partial charge in [-0.15, -0.1) is 0 Å². The summed E-state index contributed by atoms with van der Waals surface area (Å²) in [6.45, 7) is 7.55. The molecule has 0 unspecified atom stereocenters. The molecule has 5 aliphatic rings. The van der Waals surface area contributed by atoms with Crippen molar-refractivity contribution in [1.82, 2.24) is 19.4 Å². The average Bonchev–Trinajstić information content (AvgIpc) is 3.52. The highest BCUT2D eigenvalue weighted by Crippen LogP contribution is 2.45. The molecule has 0 radical (unpaired) electrons. The fraction of sp³-hybridized carbons (Fsp3) is 0.533. The van der Waals surface area contributed by atoms with E-state index >= 15 is 0 Å². The maximum Gasteiger partial charge on any atom is 0.256 e. The molecular weight excluding hydrogens is 483 g/mol. The number of hydrogen-bond donors (Lipinski definition) is 1. The van der Waals surface area contributed by atoms with Crippen molar-refractivity contribution < 1.29 is 19.0 Å². The van der Waals surface area contributed by atoms with Crippen molar-refractivity contribution in [2.75, 3.05) is 39.4 Å². The Kier molecular flexibility index (Phi) is 5.83. The van der Waals surface area contributed by atoms with Crippen LogP contribution in [0.15, 0.2) is 36.8 Å². The van der Waals surface area contributed by atoms with Crippen molar-refractivity contribution in [2.45, 2.75) is 50.7 Å². The summed E-state index contributed by atoms with van der Waals surface area (Å²) in [6.07, 6.45) is 10.4. The molecule has 4 aliphatic heterocycles. The summed E-state index contributed by atoms with van der Waals surface area (Å²) < 4.78 is 22.0. The first-order valence-corrected chi connectivity index (χ1v) is 13.9. The number of carbonyl (C=O) groups is 1.